The van der Waals surface area contributed by atoms with Gasteiger partial charge in [0.1, 0.15) is 5.76 Å². The van der Waals surface area contributed by atoms with Crippen molar-refractivity contribution in [2.45, 2.75) is 32.7 Å². The largest absolute Gasteiger partial charge is 0.446 e. The number of hydrogen-bond acceptors (Lipinski definition) is 3. The zero-order chi connectivity index (χ0) is 10.6. The molecule has 0 radical (unpaired) electrons. The van der Waals surface area contributed by atoms with E-state index in [1.807, 2.05) is 13.1 Å². The third-order valence-electron chi connectivity index (χ3n) is 3.88. The molecule has 1 aliphatic heterocycles. The number of aryl methyl sites for hydroxylation is 1. The van der Waals surface area contributed by atoms with Gasteiger partial charge in [0.15, 0.2) is 5.89 Å². The molecule has 1 aliphatic carbocycles. The average Bonchev–Trinajstić information content (AvgIpc) is 2.62. The Labute approximate surface area is 90.5 Å². The lowest BCUT2D eigenvalue weighted by Gasteiger charge is -2.22. The van der Waals surface area contributed by atoms with Crippen LogP contribution in [0.3, 0.4) is 0 Å². The zero-order valence-electron chi connectivity index (χ0n) is 9.60. The monoisotopic (exact) mass is 206 g/mol. The van der Waals surface area contributed by atoms with Crippen LogP contribution in [0.25, 0.3) is 0 Å². The molecule has 3 heteroatoms. The Hall–Kier alpha value is -0.830. The second-order valence-electron chi connectivity index (χ2n) is 5.21. The summed E-state index contributed by atoms with van der Waals surface area (Å²) >= 11 is 0. The predicted molar refractivity (Wildman–Crippen MR) is 57.7 cm³/mol. The van der Waals surface area contributed by atoms with E-state index in [2.05, 4.69) is 23.7 Å². The fraction of sp³-hybridized carbons (Fsp3) is 0.750. The molecule has 2 aliphatic rings. The lowest BCUT2D eigenvalue weighted by Crippen LogP contribution is -2.30. The molecule has 1 aromatic heterocycles. The van der Waals surface area contributed by atoms with Gasteiger partial charge in [-0.25, -0.2) is 4.98 Å². The summed E-state index contributed by atoms with van der Waals surface area (Å²) in [6.07, 6.45) is 1.84. The number of fused-ring (bicyclic) bond motifs is 1. The van der Waals surface area contributed by atoms with Gasteiger partial charge in [0.25, 0.3) is 0 Å². The van der Waals surface area contributed by atoms with Gasteiger partial charge < -0.3 is 9.32 Å². The molecule has 2 heterocycles. The van der Waals surface area contributed by atoms with Gasteiger partial charge in [0, 0.05) is 25.0 Å². The summed E-state index contributed by atoms with van der Waals surface area (Å²) in [5.74, 6) is 4.16. The zero-order valence-corrected chi connectivity index (χ0v) is 9.60. The van der Waals surface area contributed by atoms with Crippen LogP contribution in [-0.2, 0) is 0 Å². The minimum atomic E-state index is 0.619. The Morgan fingerprint density at radius 2 is 2.07 bits per heavy atom. The Balaban J connectivity index is 1.68. The van der Waals surface area contributed by atoms with Gasteiger partial charge in [-0.15, -0.1) is 0 Å². The second-order valence-corrected chi connectivity index (χ2v) is 5.21. The molecule has 3 rings (SSSR count). The maximum Gasteiger partial charge on any atom is 0.198 e. The average molecular weight is 206 g/mol. The van der Waals surface area contributed by atoms with Crippen LogP contribution in [-0.4, -0.2) is 29.0 Å². The first-order valence-corrected chi connectivity index (χ1v) is 5.83. The minimum absolute atomic E-state index is 0.619. The van der Waals surface area contributed by atoms with Crippen LogP contribution in [0.1, 0.15) is 31.4 Å². The second kappa shape index (κ2) is 3.08. The van der Waals surface area contributed by atoms with Crippen LogP contribution in [0.2, 0.25) is 0 Å². The Morgan fingerprint density at radius 3 is 2.53 bits per heavy atom. The van der Waals surface area contributed by atoms with E-state index < -0.39 is 0 Å². The Morgan fingerprint density at radius 1 is 1.40 bits per heavy atom. The molecule has 1 saturated heterocycles. The van der Waals surface area contributed by atoms with Gasteiger partial charge in [-0.1, -0.05) is 0 Å². The minimum Gasteiger partial charge on any atom is -0.446 e. The van der Waals surface area contributed by atoms with Crippen molar-refractivity contribution in [1.82, 2.24) is 9.88 Å². The van der Waals surface area contributed by atoms with Gasteiger partial charge in [-0.3, -0.25) is 0 Å². The molecule has 0 amide bonds. The fourth-order valence-corrected chi connectivity index (χ4v) is 2.87. The molecule has 0 aromatic carbocycles. The first-order chi connectivity index (χ1) is 7.16. The van der Waals surface area contributed by atoms with E-state index in [-0.39, 0.29) is 0 Å². The lowest BCUT2D eigenvalue weighted by molar-refractivity contribution is 0.238. The van der Waals surface area contributed by atoms with Crippen molar-refractivity contribution >= 4 is 0 Å². The Bertz CT molecular complexity index is 359. The van der Waals surface area contributed by atoms with Crippen LogP contribution in [0, 0.1) is 18.8 Å². The van der Waals surface area contributed by atoms with Crippen molar-refractivity contribution < 1.29 is 4.42 Å². The SMILES string of the molecule is Cc1cnc(C2C3CN(C(C)C)CC32)o1. The van der Waals surface area contributed by atoms with Crippen molar-refractivity contribution in [2.24, 2.45) is 11.8 Å². The molecule has 2 atom stereocenters. The number of likely N-dealkylation sites (tertiary alicyclic amines) is 1. The molecule has 15 heavy (non-hydrogen) atoms. The van der Waals surface area contributed by atoms with E-state index in [4.69, 9.17) is 4.42 Å². The third-order valence-corrected chi connectivity index (χ3v) is 3.88. The molecule has 0 bridgehead atoms. The number of nitrogens with zero attached hydrogens (tertiary/aromatic N) is 2. The van der Waals surface area contributed by atoms with Gasteiger partial charge in [0.2, 0.25) is 0 Å². The maximum absolute atomic E-state index is 5.61. The van der Waals surface area contributed by atoms with E-state index in [0.29, 0.717) is 12.0 Å². The summed E-state index contributed by atoms with van der Waals surface area (Å²) in [6.45, 7) is 8.97. The lowest BCUT2D eigenvalue weighted by atomic mass is 10.2. The summed E-state index contributed by atoms with van der Waals surface area (Å²) in [7, 11) is 0. The van der Waals surface area contributed by atoms with E-state index >= 15 is 0 Å². The van der Waals surface area contributed by atoms with E-state index in [9.17, 15) is 0 Å². The van der Waals surface area contributed by atoms with Crippen molar-refractivity contribution in [3.05, 3.63) is 17.8 Å². The van der Waals surface area contributed by atoms with Crippen LogP contribution < -0.4 is 0 Å². The third kappa shape index (κ3) is 1.41. The first-order valence-electron chi connectivity index (χ1n) is 5.83. The summed E-state index contributed by atoms with van der Waals surface area (Å²) in [4.78, 5) is 6.90. The highest BCUT2D eigenvalue weighted by Gasteiger charge is 2.58. The standard InChI is InChI=1S/C12H18N2O/c1-7(2)14-5-9-10(6-14)11(9)12-13-4-8(3)15-12/h4,7,9-11H,5-6H2,1-3H3. The predicted octanol–water partition coefficient (Wildman–Crippen LogP) is 2.04. The van der Waals surface area contributed by atoms with Gasteiger partial charge in [-0.05, 0) is 32.6 Å². The number of rotatable bonds is 2. The fourth-order valence-electron chi connectivity index (χ4n) is 2.87. The molecule has 82 valence electrons. The van der Waals surface area contributed by atoms with Gasteiger partial charge >= 0.3 is 0 Å². The van der Waals surface area contributed by atoms with Crippen LogP contribution in [0.15, 0.2) is 10.6 Å². The molecule has 1 aromatic rings. The number of hydrogen-bond donors (Lipinski definition) is 0. The highest BCUT2D eigenvalue weighted by molar-refractivity contribution is 5.19. The molecule has 2 unspecified atom stereocenters. The number of aromatic nitrogens is 1. The quantitative estimate of drug-likeness (QED) is 0.741. The highest BCUT2D eigenvalue weighted by atomic mass is 16.4. The first kappa shape index (κ1) is 9.40. The molecule has 1 saturated carbocycles. The highest BCUT2D eigenvalue weighted by Crippen LogP contribution is 2.58. The molecular formula is C12H18N2O. The van der Waals surface area contributed by atoms with Crippen LogP contribution in [0.4, 0.5) is 0 Å². The summed E-state index contributed by atoms with van der Waals surface area (Å²) in [5, 5.41) is 0. The smallest absolute Gasteiger partial charge is 0.198 e. The number of oxazole rings is 1. The molecular weight excluding hydrogens is 188 g/mol. The summed E-state index contributed by atoms with van der Waals surface area (Å²) < 4.78 is 5.61. The van der Waals surface area contributed by atoms with E-state index in [0.717, 1.165) is 23.5 Å². The topological polar surface area (TPSA) is 29.3 Å². The normalized spacial score (nSPS) is 34.8. The van der Waals surface area contributed by atoms with Gasteiger partial charge in [-0.2, -0.15) is 0 Å². The van der Waals surface area contributed by atoms with Crippen LogP contribution >= 0.6 is 0 Å². The molecule has 0 N–H and O–H groups in total. The summed E-state index contributed by atoms with van der Waals surface area (Å²) in [6, 6.07) is 0.685. The van der Waals surface area contributed by atoms with Gasteiger partial charge in [0.05, 0.1) is 6.20 Å². The van der Waals surface area contributed by atoms with Crippen molar-refractivity contribution in [1.29, 1.82) is 0 Å². The molecule has 0 spiro atoms. The summed E-state index contributed by atoms with van der Waals surface area (Å²) in [5.41, 5.74) is 0. The van der Waals surface area contributed by atoms with Crippen LogP contribution in [0.5, 0.6) is 0 Å². The van der Waals surface area contributed by atoms with E-state index in [1.54, 1.807) is 0 Å². The van der Waals surface area contributed by atoms with Crippen molar-refractivity contribution in [2.75, 3.05) is 13.1 Å². The van der Waals surface area contributed by atoms with Crippen molar-refractivity contribution in [3.63, 3.8) is 0 Å². The molecule has 3 nitrogen and oxygen atoms in total. The molecule has 2 fully saturated rings. The number of piperidine rings is 1. The Kier molecular flexibility index (Phi) is 1.93. The maximum atomic E-state index is 5.61. The van der Waals surface area contributed by atoms with Crippen molar-refractivity contribution in [3.8, 4) is 0 Å². The van der Waals surface area contributed by atoms with E-state index in [1.165, 1.54) is 13.1 Å².